The van der Waals surface area contributed by atoms with Crippen molar-refractivity contribution in [3.05, 3.63) is 59.2 Å². The second-order valence-corrected chi connectivity index (χ2v) is 8.21. The van der Waals surface area contributed by atoms with Crippen LogP contribution in [0.15, 0.2) is 47.4 Å². The maximum atomic E-state index is 12.7. The zero-order chi connectivity index (χ0) is 18.3. The summed E-state index contributed by atoms with van der Waals surface area (Å²) in [4.78, 5) is 0.315. The largest absolute Gasteiger partial charge is 0.279 e. The molecule has 0 aliphatic rings. The molecular formula is C21H29NO2S. The van der Waals surface area contributed by atoms with Crippen molar-refractivity contribution in [2.24, 2.45) is 0 Å². The lowest BCUT2D eigenvalue weighted by Crippen LogP contribution is -2.15. The van der Waals surface area contributed by atoms with Crippen LogP contribution in [0.2, 0.25) is 0 Å². The molecule has 0 spiro atoms. The van der Waals surface area contributed by atoms with Gasteiger partial charge in [0.2, 0.25) is 0 Å². The SMILES string of the molecule is CCCCCCc1ccc(S(=O)(=O)Nc2c(C)cccc2CC)cc1. The van der Waals surface area contributed by atoms with Gasteiger partial charge in [-0.2, -0.15) is 0 Å². The van der Waals surface area contributed by atoms with Gasteiger partial charge >= 0.3 is 0 Å². The lowest BCUT2D eigenvalue weighted by Gasteiger charge is -2.14. The van der Waals surface area contributed by atoms with Crippen LogP contribution in [-0.4, -0.2) is 8.42 Å². The predicted molar refractivity (Wildman–Crippen MR) is 106 cm³/mol. The van der Waals surface area contributed by atoms with Crippen molar-refractivity contribution >= 4 is 15.7 Å². The van der Waals surface area contributed by atoms with E-state index in [1.807, 2.05) is 44.2 Å². The molecule has 0 saturated heterocycles. The first-order valence-corrected chi connectivity index (χ1v) is 10.7. The van der Waals surface area contributed by atoms with Crippen LogP contribution in [0.25, 0.3) is 0 Å². The number of unbranched alkanes of at least 4 members (excludes halogenated alkanes) is 3. The van der Waals surface area contributed by atoms with E-state index in [1.165, 1.54) is 24.8 Å². The van der Waals surface area contributed by atoms with Crippen LogP contribution in [0.5, 0.6) is 0 Å². The van der Waals surface area contributed by atoms with E-state index in [9.17, 15) is 8.42 Å². The first-order chi connectivity index (χ1) is 12.0. The van der Waals surface area contributed by atoms with Gasteiger partial charge in [-0.25, -0.2) is 8.42 Å². The number of benzene rings is 2. The highest BCUT2D eigenvalue weighted by atomic mass is 32.2. The Morgan fingerprint density at radius 2 is 1.64 bits per heavy atom. The Kier molecular flexibility index (Phi) is 7.06. The summed E-state index contributed by atoms with van der Waals surface area (Å²) in [6, 6.07) is 13.1. The molecule has 0 aliphatic heterocycles. The van der Waals surface area contributed by atoms with Crippen molar-refractivity contribution in [3.63, 3.8) is 0 Å². The van der Waals surface area contributed by atoms with Gasteiger partial charge in [0.05, 0.1) is 10.6 Å². The fourth-order valence-electron chi connectivity index (χ4n) is 2.95. The van der Waals surface area contributed by atoms with Crippen molar-refractivity contribution in [3.8, 4) is 0 Å². The Balaban J connectivity index is 2.12. The molecule has 3 nitrogen and oxygen atoms in total. The van der Waals surface area contributed by atoms with Crippen molar-refractivity contribution in [2.45, 2.75) is 64.2 Å². The van der Waals surface area contributed by atoms with E-state index in [1.54, 1.807) is 12.1 Å². The molecule has 4 heteroatoms. The molecule has 0 fully saturated rings. The first kappa shape index (κ1) is 19.5. The number of para-hydroxylation sites is 1. The van der Waals surface area contributed by atoms with E-state index in [-0.39, 0.29) is 0 Å². The van der Waals surface area contributed by atoms with Gasteiger partial charge in [-0.1, -0.05) is 63.4 Å². The molecule has 2 aromatic rings. The molecule has 0 radical (unpaired) electrons. The average Bonchev–Trinajstić information content (AvgIpc) is 2.61. The summed E-state index contributed by atoms with van der Waals surface area (Å²) in [5.41, 5.74) is 3.85. The van der Waals surface area contributed by atoms with E-state index >= 15 is 0 Å². The Bertz CT molecular complexity index is 780. The predicted octanol–water partition coefficient (Wildman–Crippen LogP) is 5.48. The summed E-state index contributed by atoms with van der Waals surface area (Å²) in [5.74, 6) is 0. The van der Waals surface area contributed by atoms with Crippen molar-refractivity contribution < 1.29 is 8.42 Å². The molecule has 25 heavy (non-hydrogen) atoms. The van der Waals surface area contributed by atoms with Crippen LogP contribution >= 0.6 is 0 Å². The topological polar surface area (TPSA) is 46.2 Å². The van der Waals surface area contributed by atoms with E-state index in [0.29, 0.717) is 10.6 Å². The van der Waals surface area contributed by atoms with Crippen molar-refractivity contribution in [2.75, 3.05) is 4.72 Å². The van der Waals surface area contributed by atoms with Crippen LogP contribution in [0.3, 0.4) is 0 Å². The zero-order valence-electron chi connectivity index (χ0n) is 15.5. The number of aryl methyl sites for hydroxylation is 3. The smallest absolute Gasteiger partial charge is 0.261 e. The fourth-order valence-corrected chi connectivity index (χ4v) is 4.13. The molecule has 0 heterocycles. The molecule has 0 atom stereocenters. The highest BCUT2D eigenvalue weighted by molar-refractivity contribution is 7.92. The molecule has 1 N–H and O–H groups in total. The van der Waals surface area contributed by atoms with Gasteiger partial charge in [-0.15, -0.1) is 0 Å². The quantitative estimate of drug-likeness (QED) is 0.603. The molecule has 2 aromatic carbocycles. The van der Waals surface area contributed by atoms with Crippen LogP contribution in [0.4, 0.5) is 5.69 Å². The number of nitrogens with one attached hydrogen (secondary N) is 1. The Hall–Kier alpha value is -1.81. The second-order valence-electron chi connectivity index (χ2n) is 6.52. The van der Waals surface area contributed by atoms with Gasteiger partial charge in [0.15, 0.2) is 0 Å². The number of anilines is 1. The lowest BCUT2D eigenvalue weighted by atomic mass is 10.1. The third-order valence-corrected chi connectivity index (χ3v) is 5.89. The maximum absolute atomic E-state index is 12.7. The normalized spacial score (nSPS) is 11.5. The highest BCUT2D eigenvalue weighted by Gasteiger charge is 2.16. The van der Waals surface area contributed by atoms with Crippen LogP contribution < -0.4 is 4.72 Å². The fraction of sp³-hybridized carbons (Fsp3) is 0.429. The van der Waals surface area contributed by atoms with Crippen molar-refractivity contribution in [1.82, 2.24) is 0 Å². The minimum absolute atomic E-state index is 0.315. The van der Waals surface area contributed by atoms with E-state index in [4.69, 9.17) is 0 Å². The Morgan fingerprint density at radius 3 is 2.28 bits per heavy atom. The molecule has 0 aromatic heterocycles. The Morgan fingerprint density at radius 1 is 0.920 bits per heavy atom. The summed E-state index contributed by atoms with van der Waals surface area (Å²) >= 11 is 0. The minimum Gasteiger partial charge on any atom is -0.279 e. The molecule has 0 unspecified atom stereocenters. The number of hydrogen-bond donors (Lipinski definition) is 1. The molecule has 0 aliphatic carbocycles. The Labute approximate surface area is 152 Å². The van der Waals surface area contributed by atoms with Gasteiger partial charge in [0, 0.05) is 0 Å². The molecule has 0 bridgehead atoms. The monoisotopic (exact) mass is 359 g/mol. The van der Waals surface area contributed by atoms with Crippen LogP contribution in [0, 0.1) is 6.92 Å². The highest BCUT2D eigenvalue weighted by Crippen LogP contribution is 2.25. The standard InChI is InChI=1S/C21H29NO2S/c1-4-6-7-8-11-18-13-15-20(16-14-18)25(23,24)22-21-17(3)10-9-12-19(21)5-2/h9-10,12-16,22H,4-8,11H2,1-3H3. The number of sulfonamides is 1. The third-order valence-electron chi connectivity index (χ3n) is 4.53. The van der Waals surface area contributed by atoms with E-state index in [0.717, 1.165) is 30.4 Å². The van der Waals surface area contributed by atoms with E-state index < -0.39 is 10.0 Å². The summed E-state index contributed by atoms with van der Waals surface area (Å²) in [7, 11) is -3.56. The molecule has 2 rings (SSSR count). The van der Waals surface area contributed by atoms with Gasteiger partial charge in [0.1, 0.15) is 0 Å². The second kappa shape index (κ2) is 9.04. The molecule has 0 saturated carbocycles. The van der Waals surface area contributed by atoms with E-state index in [2.05, 4.69) is 11.6 Å². The maximum Gasteiger partial charge on any atom is 0.261 e. The average molecular weight is 360 g/mol. The summed E-state index contributed by atoms with van der Waals surface area (Å²) in [5, 5.41) is 0. The number of rotatable bonds is 9. The summed E-state index contributed by atoms with van der Waals surface area (Å²) in [6.45, 7) is 6.15. The van der Waals surface area contributed by atoms with Gasteiger partial charge in [-0.3, -0.25) is 4.72 Å². The summed E-state index contributed by atoms with van der Waals surface area (Å²) < 4.78 is 28.2. The minimum atomic E-state index is -3.56. The summed E-state index contributed by atoms with van der Waals surface area (Å²) in [6.07, 6.45) is 6.66. The van der Waals surface area contributed by atoms with Gasteiger partial charge in [0.25, 0.3) is 10.0 Å². The lowest BCUT2D eigenvalue weighted by molar-refractivity contribution is 0.601. The first-order valence-electron chi connectivity index (χ1n) is 9.18. The van der Waals surface area contributed by atoms with Gasteiger partial charge < -0.3 is 0 Å². The molecular weight excluding hydrogens is 330 g/mol. The van der Waals surface area contributed by atoms with Gasteiger partial charge in [-0.05, 0) is 55.0 Å². The van der Waals surface area contributed by atoms with Crippen molar-refractivity contribution in [1.29, 1.82) is 0 Å². The molecule has 136 valence electrons. The zero-order valence-corrected chi connectivity index (χ0v) is 16.3. The molecule has 0 amide bonds. The van der Waals surface area contributed by atoms with Crippen LogP contribution in [0.1, 0.15) is 56.2 Å². The third kappa shape index (κ3) is 5.33. The van der Waals surface area contributed by atoms with Crippen LogP contribution in [-0.2, 0) is 22.9 Å². The number of hydrogen-bond acceptors (Lipinski definition) is 2.